The highest BCUT2D eigenvalue weighted by molar-refractivity contribution is 6.00. The summed E-state index contributed by atoms with van der Waals surface area (Å²) in [6, 6.07) is 3.20. The van der Waals surface area contributed by atoms with Crippen LogP contribution in [0.25, 0.3) is 0 Å². The van der Waals surface area contributed by atoms with Crippen LogP contribution in [0.3, 0.4) is 0 Å². The molecule has 2 aromatic rings. The maximum absolute atomic E-state index is 12.2. The number of hydrogen-bond acceptors (Lipinski definition) is 6. The second-order valence-electron chi connectivity index (χ2n) is 4.23. The number of ether oxygens (including phenoxy) is 2. The Morgan fingerprint density at radius 3 is 2.81 bits per heavy atom. The summed E-state index contributed by atoms with van der Waals surface area (Å²) in [5, 5.41) is 9.22. The summed E-state index contributed by atoms with van der Waals surface area (Å²) in [5.41, 5.74) is 6.50. The van der Waals surface area contributed by atoms with E-state index in [2.05, 4.69) is 20.5 Å². The molecule has 8 nitrogen and oxygen atoms in total. The molecule has 1 aromatic carbocycles. The standard InChI is InChI=1S/C13H17N5O3/c1-20-8-5-9(12(14)10(6-8)21-2)13(19)15-4-3-11-16-7-17-18-11/h5-7H,3-4,14H2,1-2H3,(H,15,19)(H,16,17,18). The lowest BCUT2D eigenvalue weighted by Crippen LogP contribution is -2.27. The van der Waals surface area contributed by atoms with Crippen LogP contribution in [-0.4, -0.2) is 41.9 Å². The fourth-order valence-corrected chi connectivity index (χ4v) is 1.82. The second kappa shape index (κ2) is 6.60. The van der Waals surface area contributed by atoms with Gasteiger partial charge in [0.2, 0.25) is 0 Å². The summed E-state index contributed by atoms with van der Waals surface area (Å²) in [6.07, 6.45) is 1.97. The number of carbonyl (C=O) groups excluding carboxylic acids is 1. The molecule has 0 unspecified atom stereocenters. The zero-order chi connectivity index (χ0) is 15.2. The van der Waals surface area contributed by atoms with Crippen molar-refractivity contribution in [3.63, 3.8) is 0 Å². The molecule has 0 aliphatic carbocycles. The van der Waals surface area contributed by atoms with Gasteiger partial charge < -0.3 is 20.5 Å². The van der Waals surface area contributed by atoms with Crippen molar-refractivity contribution in [2.45, 2.75) is 6.42 Å². The van der Waals surface area contributed by atoms with E-state index in [1.165, 1.54) is 20.5 Å². The van der Waals surface area contributed by atoms with E-state index in [1.807, 2.05) is 0 Å². The van der Waals surface area contributed by atoms with Crippen LogP contribution in [0, 0.1) is 0 Å². The summed E-state index contributed by atoms with van der Waals surface area (Å²) in [6.45, 7) is 0.410. The predicted molar refractivity (Wildman–Crippen MR) is 76.4 cm³/mol. The van der Waals surface area contributed by atoms with Crippen LogP contribution >= 0.6 is 0 Å². The van der Waals surface area contributed by atoms with Crippen molar-refractivity contribution in [3.8, 4) is 11.5 Å². The molecule has 0 aliphatic rings. The van der Waals surface area contributed by atoms with Crippen molar-refractivity contribution >= 4 is 11.6 Å². The summed E-state index contributed by atoms with van der Waals surface area (Å²) < 4.78 is 10.3. The van der Waals surface area contributed by atoms with Gasteiger partial charge in [0.15, 0.2) is 0 Å². The van der Waals surface area contributed by atoms with Crippen molar-refractivity contribution in [2.24, 2.45) is 0 Å². The Labute approximate surface area is 121 Å². The van der Waals surface area contributed by atoms with E-state index >= 15 is 0 Å². The van der Waals surface area contributed by atoms with Gasteiger partial charge in [0.1, 0.15) is 23.7 Å². The first-order valence-corrected chi connectivity index (χ1v) is 6.29. The molecule has 0 radical (unpaired) electrons. The molecule has 0 bridgehead atoms. The molecule has 4 N–H and O–H groups in total. The maximum Gasteiger partial charge on any atom is 0.253 e. The summed E-state index contributed by atoms with van der Waals surface area (Å²) in [4.78, 5) is 16.2. The third kappa shape index (κ3) is 3.41. The topological polar surface area (TPSA) is 115 Å². The lowest BCUT2D eigenvalue weighted by atomic mass is 10.1. The first-order valence-electron chi connectivity index (χ1n) is 6.29. The molecular formula is C13H17N5O3. The van der Waals surface area contributed by atoms with Crippen molar-refractivity contribution in [1.82, 2.24) is 20.5 Å². The van der Waals surface area contributed by atoms with Crippen molar-refractivity contribution in [2.75, 3.05) is 26.5 Å². The molecule has 0 fully saturated rings. The minimum Gasteiger partial charge on any atom is -0.497 e. The molecule has 0 aliphatic heterocycles. The normalized spacial score (nSPS) is 10.2. The monoisotopic (exact) mass is 291 g/mol. The molecule has 0 saturated carbocycles. The van der Waals surface area contributed by atoms with Gasteiger partial charge in [-0.1, -0.05) is 0 Å². The van der Waals surface area contributed by atoms with Crippen LogP contribution in [0.2, 0.25) is 0 Å². The van der Waals surface area contributed by atoms with Gasteiger partial charge in [0.25, 0.3) is 5.91 Å². The number of anilines is 1. The van der Waals surface area contributed by atoms with Crippen LogP contribution < -0.4 is 20.5 Å². The lowest BCUT2D eigenvalue weighted by molar-refractivity contribution is 0.0954. The van der Waals surface area contributed by atoms with E-state index in [0.717, 1.165) is 0 Å². The number of aromatic nitrogens is 3. The molecule has 1 amide bonds. The Morgan fingerprint density at radius 2 is 2.19 bits per heavy atom. The SMILES string of the molecule is COc1cc(OC)c(N)c(C(=O)NCCc2ncn[nH]2)c1. The maximum atomic E-state index is 12.2. The van der Waals surface area contributed by atoms with E-state index < -0.39 is 0 Å². The third-order valence-electron chi connectivity index (χ3n) is 2.93. The van der Waals surface area contributed by atoms with E-state index in [1.54, 1.807) is 12.1 Å². The number of methoxy groups -OCH3 is 2. The number of amides is 1. The first-order chi connectivity index (χ1) is 10.2. The molecule has 0 saturated heterocycles. The number of benzene rings is 1. The number of carbonyl (C=O) groups is 1. The molecule has 21 heavy (non-hydrogen) atoms. The second-order valence-corrected chi connectivity index (χ2v) is 4.23. The van der Waals surface area contributed by atoms with Gasteiger partial charge in [0, 0.05) is 19.0 Å². The molecule has 1 aromatic heterocycles. The number of nitrogen functional groups attached to an aromatic ring is 1. The third-order valence-corrected chi connectivity index (χ3v) is 2.93. The van der Waals surface area contributed by atoms with Crippen LogP contribution in [0.4, 0.5) is 5.69 Å². The number of nitrogens with two attached hydrogens (primary N) is 1. The zero-order valence-corrected chi connectivity index (χ0v) is 11.8. The Bertz CT molecular complexity index is 613. The molecule has 8 heteroatoms. The Morgan fingerprint density at radius 1 is 1.38 bits per heavy atom. The van der Waals surface area contributed by atoms with Gasteiger partial charge in [-0.05, 0) is 6.07 Å². The van der Waals surface area contributed by atoms with Crippen LogP contribution in [-0.2, 0) is 6.42 Å². The zero-order valence-electron chi connectivity index (χ0n) is 11.8. The molecular weight excluding hydrogens is 274 g/mol. The number of aromatic amines is 1. The van der Waals surface area contributed by atoms with E-state index in [4.69, 9.17) is 15.2 Å². The first kappa shape index (κ1) is 14.6. The molecule has 1 heterocycles. The summed E-state index contributed by atoms with van der Waals surface area (Å²) >= 11 is 0. The average molecular weight is 291 g/mol. The molecule has 2 rings (SSSR count). The highest BCUT2D eigenvalue weighted by Gasteiger charge is 2.15. The van der Waals surface area contributed by atoms with Crippen LogP contribution in [0.5, 0.6) is 11.5 Å². The number of rotatable bonds is 6. The quantitative estimate of drug-likeness (QED) is 0.663. The highest BCUT2D eigenvalue weighted by Crippen LogP contribution is 2.30. The van der Waals surface area contributed by atoms with Gasteiger partial charge in [-0.15, -0.1) is 0 Å². The summed E-state index contributed by atoms with van der Waals surface area (Å²) in [5.74, 6) is 1.30. The fraction of sp³-hybridized carbons (Fsp3) is 0.308. The van der Waals surface area contributed by atoms with Crippen LogP contribution in [0.1, 0.15) is 16.2 Å². The van der Waals surface area contributed by atoms with Gasteiger partial charge in [-0.25, -0.2) is 4.98 Å². The summed E-state index contributed by atoms with van der Waals surface area (Å²) in [7, 11) is 2.99. The number of nitrogens with one attached hydrogen (secondary N) is 2. The molecule has 0 atom stereocenters. The predicted octanol–water partition coefficient (Wildman–Crippen LogP) is 0.377. The Balaban J connectivity index is 2.07. The minimum absolute atomic E-state index is 0.274. The van der Waals surface area contributed by atoms with Gasteiger partial charge in [-0.3, -0.25) is 9.89 Å². The lowest BCUT2D eigenvalue weighted by Gasteiger charge is -2.12. The smallest absolute Gasteiger partial charge is 0.253 e. The van der Waals surface area contributed by atoms with Crippen molar-refractivity contribution < 1.29 is 14.3 Å². The molecule has 0 spiro atoms. The Kier molecular flexibility index (Phi) is 4.60. The molecule has 112 valence electrons. The van der Waals surface area contributed by atoms with E-state index in [0.29, 0.717) is 35.9 Å². The van der Waals surface area contributed by atoms with Crippen LogP contribution in [0.15, 0.2) is 18.5 Å². The van der Waals surface area contributed by atoms with Gasteiger partial charge in [0.05, 0.1) is 25.5 Å². The van der Waals surface area contributed by atoms with Crippen molar-refractivity contribution in [3.05, 3.63) is 29.8 Å². The van der Waals surface area contributed by atoms with Crippen molar-refractivity contribution in [1.29, 1.82) is 0 Å². The fourth-order valence-electron chi connectivity index (χ4n) is 1.82. The number of H-pyrrole nitrogens is 1. The Hall–Kier alpha value is -2.77. The van der Waals surface area contributed by atoms with Gasteiger partial charge >= 0.3 is 0 Å². The number of nitrogens with zero attached hydrogens (tertiary/aromatic N) is 2. The average Bonchev–Trinajstić information content (AvgIpc) is 3.00. The van der Waals surface area contributed by atoms with E-state index in [-0.39, 0.29) is 11.6 Å². The largest absolute Gasteiger partial charge is 0.497 e. The highest BCUT2D eigenvalue weighted by atomic mass is 16.5. The van der Waals surface area contributed by atoms with E-state index in [9.17, 15) is 4.79 Å². The van der Waals surface area contributed by atoms with Gasteiger partial charge in [-0.2, -0.15) is 5.10 Å². The number of hydrogen-bond donors (Lipinski definition) is 3. The minimum atomic E-state index is -0.302.